The molecule has 18 heavy (non-hydrogen) atoms. The van der Waals surface area contributed by atoms with Crippen molar-refractivity contribution in [1.82, 2.24) is 10.2 Å². The summed E-state index contributed by atoms with van der Waals surface area (Å²) in [7, 11) is 2.23. The summed E-state index contributed by atoms with van der Waals surface area (Å²) < 4.78 is 0. The molecule has 0 heterocycles. The fourth-order valence-corrected chi connectivity index (χ4v) is 5.34. The Balaban J connectivity index is 1.72. The van der Waals surface area contributed by atoms with Crippen molar-refractivity contribution >= 4 is 17.3 Å². The number of hydrogen-bond acceptors (Lipinski definition) is 1. The third-order valence-electron chi connectivity index (χ3n) is 5.55. The standard InChI is InChI=1S/C15H26N2S/c1-3-4-16-14(18)17(2)15-8-11-5-12(9-15)7-13(6-11)10-15/h11-13H,3-10H2,1-2H3,(H,16,18). The molecule has 0 aromatic heterocycles. The number of rotatable bonds is 3. The molecule has 0 unspecified atom stereocenters. The van der Waals surface area contributed by atoms with E-state index in [0.29, 0.717) is 5.54 Å². The SMILES string of the molecule is CCCNC(=S)N(C)C12CC3CC(CC(C3)C1)C2. The number of nitrogens with one attached hydrogen (secondary N) is 1. The first kappa shape index (κ1) is 12.7. The highest BCUT2D eigenvalue weighted by Gasteiger charge is 2.53. The van der Waals surface area contributed by atoms with Crippen molar-refractivity contribution in [2.75, 3.05) is 13.6 Å². The number of thiocarbonyl (C=S) groups is 1. The average molecular weight is 266 g/mol. The van der Waals surface area contributed by atoms with E-state index in [1.807, 2.05) is 0 Å². The fraction of sp³-hybridized carbons (Fsp3) is 0.933. The molecule has 4 fully saturated rings. The first-order valence-electron chi connectivity index (χ1n) is 7.64. The predicted molar refractivity (Wildman–Crippen MR) is 79.6 cm³/mol. The topological polar surface area (TPSA) is 15.3 Å². The molecule has 0 aromatic carbocycles. The molecular formula is C15H26N2S. The van der Waals surface area contributed by atoms with Crippen LogP contribution in [0.2, 0.25) is 0 Å². The van der Waals surface area contributed by atoms with E-state index in [1.54, 1.807) is 0 Å². The summed E-state index contributed by atoms with van der Waals surface area (Å²) in [5, 5.41) is 4.40. The lowest BCUT2D eigenvalue weighted by Gasteiger charge is -2.60. The highest BCUT2D eigenvalue weighted by Crippen LogP contribution is 2.57. The molecule has 0 atom stereocenters. The first-order chi connectivity index (χ1) is 8.63. The highest BCUT2D eigenvalue weighted by atomic mass is 32.1. The highest BCUT2D eigenvalue weighted by molar-refractivity contribution is 7.80. The van der Waals surface area contributed by atoms with E-state index in [4.69, 9.17) is 12.2 Å². The van der Waals surface area contributed by atoms with Crippen molar-refractivity contribution in [2.45, 2.75) is 57.4 Å². The van der Waals surface area contributed by atoms with Gasteiger partial charge in [-0.05, 0) is 74.9 Å². The predicted octanol–water partition coefficient (Wildman–Crippen LogP) is 3.17. The Labute approximate surface area is 116 Å². The van der Waals surface area contributed by atoms with Gasteiger partial charge in [0.15, 0.2) is 5.11 Å². The smallest absolute Gasteiger partial charge is 0.169 e. The van der Waals surface area contributed by atoms with E-state index in [9.17, 15) is 0 Å². The maximum atomic E-state index is 5.59. The quantitative estimate of drug-likeness (QED) is 0.790. The molecule has 4 saturated carbocycles. The van der Waals surface area contributed by atoms with Gasteiger partial charge in [0.05, 0.1) is 0 Å². The minimum Gasteiger partial charge on any atom is -0.363 e. The molecule has 4 aliphatic carbocycles. The van der Waals surface area contributed by atoms with Crippen molar-refractivity contribution in [2.24, 2.45) is 17.8 Å². The van der Waals surface area contributed by atoms with Gasteiger partial charge in [0.1, 0.15) is 0 Å². The largest absolute Gasteiger partial charge is 0.363 e. The van der Waals surface area contributed by atoms with E-state index in [2.05, 4.69) is 24.2 Å². The van der Waals surface area contributed by atoms with Crippen LogP contribution >= 0.6 is 12.2 Å². The monoisotopic (exact) mass is 266 g/mol. The fourth-order valence-electron chi connectivity index (χ4n) is 5.04. The van der Waals surface area contributed by atoms with Gasteiger partial charge in [-0.1, -0.05) is 6.92 Å². The summed E-state index contributed by atoms with van der Waals surface area (Å²) in [6.07, 6.45) is 9.83. The second-order valence-electron chi connectivity index (χ2n) is 6.93. The Kier molecular flexibility index (Phi) is 3.29. The lowest BCUT2D eigenvalue weighted by atomic mass is 9.52. The zero-order chi connectivity index (χ0) is 12.8. The molecule has 4 aliphatic rings. The van der Waals surface area contributed by atoms with E-state index >= 15 is 0 Å². The van der Waals surface area contributed by atoms with Crippen molar-refractivity contribution < 1.29 is 0 Å². The third-order valence-corrected chi connectivity index (χ3v) is 5.97. The van der Waals surface area contributed by atoms with Crippen LogP contribution in [-0.2, 0) is 0 Å². The van der Waals surface area contributed by atoms with Gasteiger partial charge in [0, 0.05) is 19.1 Å². The van der Waals surface area contributed by atoms with E-state index in [0.717, 1.165) is 35.8 Å². The van der Waals surface area contributed by atoms with Gasteiger partial charge in [-0.25, -0.2) is 0 Å². The molecule has 2 nitrogen and oxygen atoms in total. The maximum Gasteiger partial charge on any atom is 0.169 e. The molecule has 0 spiro atoms. The van der Waals surface area contributed by atoms with Crippen LogP contribution in [0.15, 0.2) is 0 Å². The summed E-state index contributed by atoms with van der Waals surface area (Å²) in [5.41, 5.74) is 0.409. The molecule has 0 amide bonds. The molecule has 0 aromatic rings. The summed E-state index contributed by atoms with van der Waals surface area (Å²) in [6, 6.07) is 0. The van der Waals surface area contributed by atoms with Gasteiger partial charge in [0.2, 0.25) is 0 Å². The molecule has 4 rings (SSSR count). The number of nitrogens with zero attached hydrogens (tertiary/aromatic N) is 1. The minimum atomic E-state index is 0.409. The van der Waals surface area contributed by atoms with E-state index in [-0.39, 0.29) is 0 Å². The Morgan fingerprint density at radius 3 is 2.11 bits per heavy atom. The van der Waals surface area contributed by atoms with Crippen molar-refractivity contribution in [3.05, 3.63) is 0 Å². The Bertz CT molecular complexity index is 304. The zero-order valence-electron chi connectivity index (χ0n) is 11.7. The van der Waals surface area contributed by atoms with Crippen LogP contribution in [0.25, 0.3) is 0 Å². The van der Waals surface area contributed by atoms with Gasteiger partial charge < -0.3 is 10.2 Å². The second kappa shape index (κ2) is 4.66. The van der Waals surface area contributed by atoms with Gasteiger partial charge in [-0.15, -0.1) is 0 Å². The molecule has 3 heteroatoms. The summed E-state index contributed by atoms with van der Waals surface area (Å²) >= 11 is 5.59. The van der Waals surface area contributed by atoms with Crippen LogP contribution < -0.4 is 5.32 Å². The van der Waals surface area contributed by atoms with Crippen molar-refractivity contribution in [1.29, 1.82) is 0 Å². The normalized spacial score (nSPS) is 40.9. The lowest BCUT2D eigenvalue weighted by Crippen LogP contribution is -2.61. The van der Waals surface area contributed by atoms with Gasteiger partial charge in [-0.2, -0.15) is 0 Å². The van der Waals surface area contributed by atoms with Crippen LogP contribution in [0.1, 0.15) is 51.9 Å². The van der Waals surface area contributed by atoms with Crippen LogP contribution in [0.4, 0.5) is 0 Å². The minimum absolute atomic E-state index is 0.409. The Hall–Kier alpha value is -0.310. The summed E-state index contributed by atoms with van der Waals surface area (Å²) in [5.74, 6) is 2.98. The van der Waals surface area contributed by atoms with Gasteiger partial charge >= 0.3 is 0 Å². The Morgan fingerprint density at radius 1 is 1.17 bits per heavy atom. The molecule has 102 valence electrons. The van der Waals surface area contributed by atoms with Crippen LogP contribution in [0.3, 0.4) is 0 Å². The maximum absolute atomic E-state index is 5.59. The van der Waals surface area contributed by atoms with Crippen molar-refractivity contribution in [3.8, 4) is 0 Å². The van der Waals surface area contributed by atoms with Gasteiger partial charge in [0.25, 0.3) is 0 Å². The number of hydrogen-bond donors (Lipinski definition) is 1. The average Bonchev–Trinajstić information content (AvgIpc) is 2.33. The van der Waals surface area contributed by atoms with E-state index < -0.39 is 0 Å². The zero-order valence-corrected chi connectivity index (χ0v) is 12.6. The molecule has 0 aliphatic heterocycles. The van der Waals surface area contributed by atoms with Crippen molar-refractivity contribution in [3.63, 3.8) is 0 Å². The van der Waals surface area contributed by atoms with E-state index in [1.165, 1.54) is 38.5 Å². The lowest BCUT2D eigenvalue weighted by molar-refractivity contribution is -0.0548. The molecule has 0 saturated heterocycles. The molecular weight excluding hydrogens is 240 g/mol. The Morgan fingerprint density at radius 2 is 1.67 bits per heavy atom. The second-order valence-corrected chi connectivity index (χ2v) is 7.32. The third kappa shape index (κ3) is 2.04. The van der Waals surface area contributed by atoms with Crippen LogP contribution in [0, 0.1) is 17.8 Å². The van der Waals surface area contributed by atoms with Gasteiger partial charge in [-0.3, -0.25) is 0 Å². The molecule has 0 radical (unpaired) electrons. The summed E-state index contributed by atoms with van der Waals surface area (Å²) in [6.45, 7) is 3.20. The molecule has 1 N–H and O–H groups in total. The first-order valence-corrected chi connectivity index (χ1v) is 8.05. The molecule has 4 bridgehead atoms. The van der Waals surface area contributed by atoms with Crippen LogP contribution in [-0.4, -0.2) is 29.1 Å². The summed E-state index contributed by atoms with van der Waals surface area (Å²) in [4.78, 5) is 2.43. The van der Waals surface area contributed by atoms with Crippen LogP contribution in [0.5, 0.6) is 0 Å².